The molecule has 212 valence electrons. The maximum Gasteiger partial charge on any atom is 0.349 e. The Labute approximate surface area is 242 Å². The Hall–Kier alpha value is -3.81. The predicted molar refractivity (Wildman–Crippen MR) is 159 cm³/mol. The normalized spacial score (nSPS) is 11.2. The van der Waals surface area contributed by atoms with E-state index in [-0.39, 0.29) is 12.4 Å². The number of hydrogen-bond donors (Lipinski definition) is 0. The summed E-state index contributed by atoms with van der Waals surface area (Å²) in [6.07, 6.45) is 0.613. The van der Waals surface area contributed by atoms with Crippen molar-refractivity contribution in [2.24, 2.45) is 0 Å². The quantitative estimate of drug-likeness (QED) is 0.179. The Morgan fingerprint density at radius 3 is 2.10 bits per heavy atom. The molecule has 0 saturated carbocycles. The molecular weight excluding hydrogens is 528 g/mol. The molecule has 0 saturated heterocycles. The highest BCUT2D eigenvalue weighted by Crippen LogP contribution is 2.27. The molecule has 4 rings (SSSR count). The summed E-state index contributed by atoms with van der Waals surface area (Å²) in [6, 6.07) is 25.7. The third-order valence-electron chi connectivity index (χ3n) is 6.20. The molecule has 0 amide bonds. The van der Waals surface area contributed by atoms with Crippen molar-refractivity contribution in [2.75, 3.05) is 33.9 Å². The van der Waals surface area contributed by atoms with E-state index >= 15 is 0 Å². The van der Waals surface area contributed by atoms with Crippen molar-refractivity contribution in [3.8, 4) is 34.1 Å². The first-order chi connectivity index (χ1) is 18.7. The number of nitrogens with zero attached hydrogens (tertiary/aromatic N) is 2. The zero-order valence-electron chi connectivity index (χ0n) is 23.7. The summed E-state index contributed by atoms with van der Waals surface area (Å²) < 4.78 is 23.1. The van der Waals surface area contributed by atoms with E-state index in [2.05, 4.69) is 24.3 Å². The van der Waals surface area contributed by atoms with Gasteiger partial charge in [-0.1, -0.05) is 42.5 Å². The van der Waals surface area contributed by atoms with Gasteiger partial charge in [0.2, 0.25) is 5.89 Å². The maximum absolute atomic E-state index is 12.4. The Morgan fingerprint density at radius 1 is 0.850 bits per heavy atom. The molecule has 4 aromatic rings. The van der Waals surface area contributed by atoms with Crippen molar-refractivity contribution < 1.29 is 23.4 Å². The van der Waals surface area contributed by atoms with Gasteiger partial charge >= 0.3 is 5.97 Å². The molecule has 3 aromatic carbocycles. The minimum absolute atomic E-state index is 0. The van der Waals surface area contributed by atoms with Gasteiger partial charge in [-0.05, 0) is 82.4 Å². The van der Waals surface area contributed by atoms with Crippen LogP contribution in [0.5, 0.6) is 11.5 Å². The molecule has 0 aliphatic rings. The zero-order valence-corrected chi connectivity index (χ0v) is 24.5. The summed E-state index contributed by atoms with van der Waals surface area (Å²) >= 11 is 0. The van der Waals surface area contributed by atoms with Crippen molar-refractivity contribution in [1.29, 1.82) is 0 Å². The van der Waals surface area contributed by atoms with Crippen LogP contribution in [-0.2, 0) is 16.0 Å². The highest BCUT2D eigenvalue weighted by Gasteiger charge is 2.31. The van der Waals surface area contributed by atoms with Gasteiger partial charge in [0.25, 0.3) is 0 Å². The van der Waals surface area contributed by atoms with Crippen LogP contribution in [0.3, 0.4) is 0 Å². The number of likely N-dealkylation sites (N-methyl/N-ethyl adjacent to an activating group) is 1. The van der Waals surface area contributed by atoms with Crippen LogP contribution < -0.4 is 9.47 Å². The molecule has 0 aliphatic heterocycles. The number of aromatic nitrogens is 1. The summed E-state index contributed by atoms with van der Waals surface area (Å²) in [5, 5.41) is 0. The van der Waals surface area contributed by atoms with Crippen molar-refractivity contribution >= 4 is 18.4 Å². The minimum Gasteiger partial charge on any atom is -0.493 e. The van der Waals surface area contributed by atoms with E-state index in [1.54, 1.807) is 26.0 Å². The topological polar surface area (TPSA) is 74.0 Å². The molecular formula is C32H37ClN2O5. The van der Waals surface area contributed by atoms with Crippen LogP contribution in [-0.4, -0.2) is 55.3 Å². The van der Waals surface area contributed by atoms with Crippen molar-refractivity contribution in [1.82, 2.24) is 9.88 Å². The van der Waals surface area contributed by atoms with Gasteiger partial charge in [-0.3, -0.25) is 0 Å². The van der Waals surface area contributed by atoms with Crippen LogP contribution in [0.2, 0.25) is 0 Å². The number of hydrogen-bond acceptors (Lipinski definition) is 7. The third-order valence-corrected chi connectivity index (χ3v) is 6.20. The number of benzene rings is 3. The van der Waals surface area contributed by atoms with E-state index in [1.165, 1.54) is 5.56 Å². The Balaban J connectivity index is 0.00000441. The molecule has 0 unspecified atom stereocenters. The molecule has 40 heavy (non-hydrogen) atoms. The van der Waals surface area contributed by atoms with E-state index < -0.39 is 11.6 Å². The maximum atomic E-state index is 12.4. The molecule has 1 aromatic heterocycles. The second-order valence-corrected chi connectivity index (χ2v) is 10.1. The van der Waals surface area contributed by atoms with E-state index in [4.69, 9.17) is 23.6 Å². The molecule has 8 heteroatoms. The lowest BCUT2D eigenvalue weighted by atomic mass is 10.0. The summed E-state index contributed by atoms with van der Waals surface area (Å²) in [6.45, 7) is 6.74. The Kier molecular flexibility index (Phi) is 10.8. The molecule has 0 atom stereocenters. The predicted octanol–water partition coefficient (Wildman–Crippen LogP) is 6.62. The third kappa shape index (κ3) is 8.34. The van der Waals surface area contributed by atoms with Crippen LogP contribution in [0.15, 0.2) is 83.3 Å². The average Bonchev–Trinajstić information content (AvgIpc) is 3.30. The molecule has 0 spiro atoms. The van der Waals surface area contributed by atoms with Gasteiger partial charge in [-0.25, -0.2) is 9.78 Å². The standard InChI is InChI=1S/C32H36N2O5.ClH/c1-23-29(33-30(38-23)26-13-11-25(12-14-26)24-9-7-6-8-10-24)19-21-36-27-15-17-28(18-16-27)39-32(2,3)31(35)37-22-20-34(4)5;/h6-18H,19-22H2,1-5H3;1H. The van der Waals surface area contributed by atoms with E-state index in [9.17, 15) is 4.79 Å². The Morgan fingerprint density at radius 2 is 1.45 bits per heavy atom. The van der Waals surface area contributed by atoms with E-state index in [0.29, 0.717) is 43.6 Å². The average molecular weight is 565 g/mol. The van der Waals surface area contributed by atoms with Gasteiger partial charge in [-0.2, -0.15) is 0 Å². The molecule has 1 heterocycles. The second-order valence-electron chi connectivity index (χ2n) is 10.1. The highest BCUT2D eigenvalue weighted by atomic mass is 35.5. The summed E-state index contributed by atoms with van der Waals surface area (Å²) in [4.78, 5) is 19.0. The van der Waals surface area contributed by atoms with Crippen LogP contribution in [0.25, 0.3) is 22.6 Å². The van der Waals surface area contributed by atoms with Gasteiger partial charge in [0.1, 0.15) is 23.9 Å². The van der Waals surface area contributed by atoms with Crippen molar-refractivity contribution in [2.45, 2.75) is 32.8 Å². The number of carbonyl (C=O) groups excluding carboxylic acids is 1. The SMILES string of the molecule is Cc1oc(-c2ccc(-c3ccccc3)cc2)nc1CCOc1ccc(OC(C)(C)C(=O)OCCN(C)C)cc1.Cl. The Bertz CT molecular complexity index is 1350. The van der Waals surface area contributed by atoms with Gasteiger partial charge in [0, 0.05) is 18.5 Å². The van der Waals surface area contributed by atoms with Gasteiger partial charge in [0.05, 0.1) is 12.3 Å². The summed E-state index contributed by atoms with van der Waals surface area (Å²) in [5.41, 5.74) is 3.03. The molecule has 0 radical (unpaired) electrons. The number of ether oxygens (including phenoxy) is 3. The molecule has 0 fully saturated rings. The highest BCUT2D eigenvalue weighted by molar-refractivity contribution is 5.85. The molecule has 0 bridgehead atoms. The lowest BCUT2D eigenvalue weighted by Crippen LogP contribution is -2.40. The van der Waals surface area contributed by atoms with Gasteiger partial charge < -0.3 is 23.5 Å². The second kappa shape index (κ2) is 14.0. The lowest BCUT2D eigenvalue weighted by molar-refractivity contribution is -0.159. The van der Waals surface area contributed by atoms with Crippen LogP contribution in [0.1, 0.15) is 25.3 Å². The number of oxazole rings is 1. The fourth-order valence-electron chi connectivity index (χ4n) is 3.92. The minimum atomic E-state index is -1.10. The molecule has 0 aliphatic carbocycles. The van der Waals surface area contributed by atoms with Gasteiger partial charge in [-0.15, -0.1) is 12.4 Å². The van der Waals surface area contributed by atoms with Crippen LogP contribution in [0.4, 0.5) is 0 Å². The largest absolute Gasteiger partial charge is 0.493 e. The van der Waals surface area contributed by atoms with E-state index in [1.807, 2.05) is 68.4 Å². The van der Waals surface area contributed by atoms with Crippen LogP contribution in [0, 0.1) is 6.92 Å². The zero-order chi connectivity index (χ0) is 27.8. The van der Waals surface area contributed by atoms with E-state index in [0.717, 1.165) is 22.6 Å². The number of esters is 1. The molecule has 0 N–H and O–H groups in total. The number of rotatable bonds is 12. The number of halogens is 1. The van der Waals surface area contributed by atoms with Crippen molar-refractivity contribution in [3.63, 3.8) is 0 Å². The summed E-state index contributed by atoms with van der Waals surface area (Å²) in [5.74, 6) is 2.24. The first-order valence-electron chi connectivity index (χ1n) is 13.1. The fourth-order valence-corrected chi connectivity index (χ4v) is 3.92. The monoisotopic (exact) mass is 564 g/mol. The van der Waals surface area contributed by atoms with Gasteiger partial charge in [0.15, 0.2) is 5.60 Å². The first kappa shape index (κ1) is 30.7. The smallest absolute Gasteiger partial charge is 0.349 e. The lowest BCUT2D eigenvalue weighted by Gasteiger charge is -2.24. The number of aryl methyl sites for hydroxylation is 1. The summed E-state index contributed by atoms with van der Waals surface area (Å²) in [7, 11) is 3.85. The van der Waals surface area contributed by atoms with Crippen LogP contribution >= 0.6 is 12.4 Å². The number of carbonyl (C=O) groups is 1. The first-order valence-corrected chi connectivity index (χ1v) is 13.1. The molecule has 7 nitrogen and oxygen atoms in total. The van der Waals surface area contributed by atoms with Crippen molar-refractivity contribution in [3.05, 3.63) is 90.3 Å². The fraction of sp³-hybridized carbons (Fsp3) is 0.312.